The van der Waals surface area contributed by atoms with Gasteiger partial charge in [0, 0.05) is 6.54 Å². The minimum atomic E-state index is -0.172. The van der Waals surface area contributed by atoms with Gasteiger partial charge in [-0.3, -0.25) is 4.79 Å². The Kier molecular flexibility index (Phi) is 2.76. The van der Waals surface area contributed by atoms with Crippen molar-refractivity contribution < 1.29 is 9.21 Å². The number of amides is 1. The standard InChI is InChI=1S/C12H18N2O2/c1-8-6-10(9(2)16-8)11(15)14-12(7-13)4-3-5-12/h6H,3-5,7,13H2,1-2H3,(H,14,15). The number of carbonyl (C=O) groups excluding carboxylic acids is 1. The molecule has 1 aliphatic rings. The summed E-state index contributed by atoms with van der Waals surface area (Å²) in [6.07, 6.45) is 3.09. The fourth-order valence-electron chi connectivity index (χ4n) is 2.15. The van der Waals surface area contributed by atoms with Gasteiger partial charge in [0.2, 0.25) is 0 Å². The van der Waals surface area contributed by atoms with Gasteiger partial charge < -0.3 is 15.5 Å². The molecule has 88 valence electrons. The Morgan fingerprint density at radius 3 is 2.62 bits per heavy atom. The lowest BCUT2D eigenvalue weighted by Crippen LogP contribution is -2.58. The van der Waals surface area contributed by atoms with E-state index < -0.39 is 0 Å². The van der Waals surface area contributed by atoms with Gasteiger partial charge in [-0.25, -0.2) is 0 Å². The zero-order valence-corrected chi connectivity index (χ0v) is 9.80. The number of rotatable bonds is 3. The van der Waals surface area contributed by atoms with E-state index in [1.54, 1.807) is 13.0 Å². The molecular weight excluding hydrogens is 204 g/mol. The average Bonchev–Trinajstić information content (AvgIpc) is 2.51. The molecule has 0 saturated heterocycles. The molecule has 0 atom stereocenters. The van der Waals surface area contributed by atoms with Crippen LogP contribution in [-0.4, -0.2) is 18.0 Å². The van der Waals surface area contributed by atoms with Crippen LogP contribution >= 0.6 is 0 Å². The summed E-state index contributed by atoms with van der Waals surface area (Å²) >= 11 is 0. The number of carbonyl (C=O) groups is 1. The van der Waals surface area contributed by atoms with E-state index in [0.717, 1.165) is 25.0 Å². The molecule has 1 amide bonds. The molecule has 1 saturated carbocycles. The monoisotopic (exact) mass is 222 g/mol. The van der Waals surface area contributed by atoms with Crippen molar-refractivity contribution in [2.24, 2.45) is 5.73 Å². The minimum absolute atomic E-state index is 0.0699. The maximum Gasteiger partial charge on any atom is 0.255 e. The normalized spacial score (nSPS) is 17.9. The van der Waals surface area contributed by atoms with Crippen molar-refractivity contribution in [1.82, 2.24) is 5.32 Å². The Bertz CT molecular complexity index is 400. The third-order valence-corrected chi connectivity index (χ3v) is 3.37. The molecule has 4 nitrogen and oxygen atoms in total. The third kappa shape index (κ3) is 1.85. The maximum absolute atomic E-state index is 12.0. The summed E-state index contributed by atoms with van der Waals surface area (Å²) in [6.45, 7) is 4.15. The zero-order chi connectivity index (χ0) is 11.8. The number of hydrogen-bond donors (Lipinski definition) is 2. The first-order valence-electron chi connectivity index (χ1n) is 5.66. The summed E-state index contributed by atoms with van der Waals surface area (Å²) in [5.41, 5.74) is 6.15. The second-order valence-corrected chi connectivity index (χ2v) is 4.62. The first-order chi connectivity index (χ1) is 7.56. The molecule has 1 fully saturated rings. The Labute approximate surface area is 95.2 Å². The zero-order valence-electron chi connectivity index (χ0n) is 9.80. The van der Waals surface area contributed by atoms with Gasteiger partial charge in [-0.2, -0.15) is 0 Å². The molecule has 16 heavy (non-hydrogen) atoms. The predicted octanol–water partition coefficient (Wildman–Crippen LogP) is 1.51. The summed E-state index contributed by atoms with van der Waals surface area (Å²) in [4.78, 5) is 12.0. The summed E-state index contributed by atoms with van der Waals surface area (Å²) in [6, 6.07) is 1.77. The summed E-state index contributed by atoms with van der Waals surface area (Å²) in [7, 11) is 0. The molecule has 1 aromatic rings. The van der Waals surface area contributed by atoms with Gasteiger partial charge in [0.15, 0.2) is 0 Å². The molecule has 0 radical (unpaired) electrons. The highest BCUT2D eigenvalue weighted by Crippen LogP contribution is 2.31. The van der Waals surface area contributed by atoms with E-state index in [0.29, 0.717) is 17.9 Å². The molecular formula is C12H18N2O2. The van der Waals surface area contributed by atoms with Crippen molar-refractivity contribution in [2.45, 2.75) is 38.6 Å². The van der Waals surface area contributed by atoms with E-state index in [9.17, 15) is 4.79 Å². The highest BCUT2D eigenvalue weighted by atomic mass is 16.3. The van der Waals surface area contributed by atoms with E-state index >= 15 is 0 Å². The molecule has 0 spiro atoms. The van der Waals surface area contributed by atoms with E-state index in [1.807, 2.05) is 6.92 Å². The van der Waals surface area contributed by atoms with E-state index in [4.69, 9.17) is 10.2 Å². The number of nitrogens with two attached hydrogens (primary N) is 1. The van der Waals surface area contributed by atoms with Gasteiger partial charge in [0.25, 0.3) is 5.91 Å². The first-order valence-corrected chi connectivity index (χ1v) is 5.66. The van der Waals surface area contributed by atoms with Gasteiger partial charge in [0.1, 0.15) is 11.5 Å². The Hall–Kier alpha value is -1.29. The molecule has 0 unspecified atom stereocenters. The van der Waals surface area contributed by atoms with E-state index in [1.165, 1.54) is 0 Å². The number of aryl methyl sites for hydroxylation is 2. The summed E-state index contributed by atoms with van der Waals surface area (Å²) in [5, 5.41) is 3.03. The van der Waals surface area contributed by atoms with Gasteiger partial charge >= 0.3 is 0 Å². The van der Waals surface area contributed by atoms with Crippen LogP contribution in [0.3, 0.4) is 0 Å². The van der Waals surface area contributed by atoms with Crippen LogP contribution in [0.15, 0.2) is 10.5 Å². The largest absolute Gasteiger partial charge is 0.466 e. The Balaban J connectivity index is 2.11. The van der Waals surface area contributed by atoms with Crippen LogP contribution in [0.4, 0.5) is 0 Å². The highest BCUT2D eigenvalue weighted by molar-refractivity contribution is 5.95. The van der Waals surface area contributed by atoms with Gasteiger partial charge in [-0.15, -0.1) is 0 Å². The molecule has 1 heterocycles. The van der Waals surface area contributed by atoms with Crippen molar-refractivity contribution >= 4 is 5.91 Å². The van der Waals surface area contributed by atoms with Crippen molar-refractivity contribution in [3.8, 4) is 0 Å². The summed E-state index contributed by atoms with van der Waals surface area (Å²) < 4.78 is 5.34. The Morgan fingerprint density at radius 1 is 1.56 bits per heavy atom. The fourth-order valence-corrected chi connectivity index (χ4v) is 2.15. The molecule has 0 aliphatic heterocycles. The Morgan fingerprint density at radius 2 is 2.25 bits per heavy atom. The van der Waals surface area contributed by atoms with Gasteiger partial charge in [-0.1, -0.05) is 0 Å². The molecule has 1 aromatic heterocycles. The van der Waals surface area contributed by atoms with Gasteiger partial charge in [0.05, 0.1) is 11.1 Å². The average molecular weight is 222 g/mol. The number of hydrogen-bond acceptors (Lipinski definition) is 3. The van der Waals surface area contributed by atoms with E-state index in [-0.39, 0.29) is 11.4 Å². The SMILES string of the molecule is Cc1cc(C(=O)NC2(CN)CCC2)c(C)o1. The van der Waals surface area contributed by atoms with Gasteiger partial charge in [-0.05, 0) is 39.2 Å². The van der Waals surface area contributed by atoms with Crippen LogP contribution in [0.5, 0.6) is 0 Å². The molecule has 2 rings (SSSR count). The fraction of sp³-hybridized carbons (Fsp3) is 0.583. The van der Waals surface area contributed by atoms with Crippen LogP contribution in [-0.2, 0) is 0 Å². The van der Waals surface area contributed by atoms with Crippen LogP contribution in [0, 0.1) is 13.8 Å². The lowest BCUT2D eigenvalue weighted by molar-refractivity contribution is 0.0836. The second-order valence-electron chi connectivity index (χ2n) is 4.62. The van der Waals surface area contributed by atoms with Crippen LogP contribution in [0.25, 0.3) is 0 Å². The predicted molar refractivity (Wildman–Crippen MR) is 61.3 cm³/mol. The number of furan rings is 1. The lowest BCUT2D eigenvalue weighted by atomic mass is 9.76. The smallest absolute Gasteiger partial charge is 0.255 e. The maximum atomic E-state index is 12.0. The summed E-state index contributed by atoms with van der Waals surface area (Å²) in [5.74, 6) is 1.36. The lowest BCUT2D eigenvalue weighted by Gasteiger charge is -2.41. The molecule has 1 aliphatic carbocycles. The molecule has 3 N–H and O–H groups in total. The van der Waals surface area contributed by atoms with Crippen molar-refractivity contribution in [3.63, 3.8) is 0 Å². The first kappa shape index (κ1) is 11.2. The van der Waals surface area contributed by atoms with Crippen molar-refractivity contribution in [1.29, 1.82) is 0 Å². The van der Waals surface area contributed by atoms with E-state index in [2.05, 4.69) is 5.32 Å². The molecule has 0 aromatic carbocycles. The quantitative estimate of drug-likeness (QED) is 0.814. The number of nitrogens with one attached hydrogen (secondary N) is 1. The third-order valence-electron chi connectivity index (χ3n) is 3.37. The van der Waals surface area contributed by atoms with Crippen molar-refractivity contribution in [2.75, 3.05) is 6.54 Å². The second kappa shape index (κ2) is 3.94. The molecule has 4 heteroatoms. The topological polar surface area (TPSA) is 68.3 Å². The van der Waals surface area contributed by atoms with Crippen LogP contribution in [0.1, 0.15) is 41.1 Å². The van der Waals surface area contributed by atoms with Crippen LogP contribution < -0.4 is 11.1 Å². The van der Waals surface area contributed by atoms with Crippen molar-refractivity contribution in [3.05, 3.63) is 23.2 Å². The minimum Gasteiger partial charge on any atom is -0.466 e. The van der Waals surface area contributed by atoms with Crippen LogP contribution in [0.2, 0.25) is 0 Å². The highest BCUT2D eigenvalue weighted by Gasteiger charge is 2.37. The molecule has 0 bridgehead atoms.